The minimum atomic E-state index is 0.0194. The van der Waals surface area contributed by atoms with Crippen LogP contribution in [0.3, 0.4) is 0 Å². The van der Waals surface area contributed by atoms with E-state index < -0.39 is 0 Å². The summed E-state index contributed by atoms with van der Waals surface area (Å²) in [5.74, 6) is 0.858. The van der Waals surface area contributed by atoms with E-state index in [9.17, 15) is 9.59 Å². The monoisotopic (exact) mass is 329 g/mol. The first-order valence-corrected chi connectivity index (χ1v) is 9.02. The van der Waals surface area contributed by atoms with Crippen molar-refractivity contribution in [1.29, 1.82) is 0 Å². The van der Waals surface area contributed by atoms with Gasteiger partial charge in [0, 0.05) is 50.9 Å². The number of amides is 2. The van der Waals surface area contributed by atoms with E-state index in [1.165, 1.54) is 11.8 Å². The summed E-state index contributed by atoms with van der Waals surface area (Å²) < 4.78 is 5.73. The molecule has 7 heteroatoms. The van der Waals surface area contributed by atoms with Crippen LogP contribution in [-0.4, -0.2) is 77.7 Å². The largest absolute Gasteiger partial charge is 0.373 e. The molecule has 0 saturated carbocycles. The van der Waals surface area contributed by atoms with Crippen LogP contribution >= 0.6 is 11.8 Å². The molecule has 0 bridgehead atoms. The van der Waals surface area contributed by atoms with Crippen molar-refractivity contribution >= 4 is 22.9 Å². The molecule has 22 heavy (non-hydrogen) atoms. The van der Waals surface area contributed by atoms with Crippen molar-refractivity contribution in [2.45, 2.75) is 45.4 Å². The molecule has 2 fully saturated rings. The number of carbonyl (C=O) groups excluding carboxylic acids is 2. The van der Waals surface area contributed by atoms with Crippen molar-refractivity contribution in [2.24, 2.45) is 0 Å². The van der Waals surface area contributed by atoms with Crippen molar-refractivity contribution in [3.63, 3.8) is 0 Å². The van der Waals surface area contributed by atoms with Gasteiger partial charge in [-0.2, -0.15) is 0 Å². The van der Waals surface area contributed by atoms with Crippen LogP contribution in [0.25, 0.3) is 0 Å². The first kappa shape index (κ1) is 17.6. The van der Waals surface area contributed by atoms with E-state index in [0.29, 0.717) is 25.6 Å². The quantitative estimate of drug-likeness (QED) is 0.792. The topological polar surface area (TPSA) is 61.9 Å². The van der Waals surface area contributed by atoms with Crippen molar-refractivity contribution < 1.29 is 14.3 Å². The number of hydrogen-bond donors (Lipinski definition) is 1. The van der Waals surface area contributed by atoms with Crippen LogP contribution in [0.4, 0.5) is 4.79 Å². The fourth-order valence-corrected chi connectivity index (χ4v) is 3.77. The Hall–Kier alpha value is -0.790. The number of ether oxygens (including phenoxy) is 1. The van der Waals surface area contributed by atoms with E-state index in [4.69, 9.17) is 4.74 Å². The number of morpholine rings is 1. The zero-order chi connectivity index (χ0) is 16.1. The smallest absolute Gasteiger partial charge is 0.281 e. The van der Waals surface area contributed by atoms with Crippen LogP contribution in [-0.2, 0) is 9.53 Å². The van der Waals surface area contributed by atoms with Crippen molar-refractivity contribution in [1.82, 2.24) is 15.1 Å². The molecule has 6 nitrogen and oxygen atoms in total. The number of carbonyl (C=O) groups is 2. The highest BCUT2D eigenvalue weighted by Gasteiger charge is 2.26. The molecule has 0 aromatic heterocycles. The first-order valence-electron chi connectivity index (χ1n) is 8.03. The van der Waals surface area contributed by atoms with Crippen LogP contribution < -0.4 is 5.32 Å². The predicted octanol–water partition coefficient (Wildman–Crippen LogP) is 1.16. The SMILES string of the molecule is C[C@@H]1CN([C@@H](C)CNC(=O)CCN2CCSC2=O)C[C@H](C)O1. The normalized spacial score (nSPS) is 28.0. The lowest BCUT2D eigenvalue weighted by Gasteiger charge is -2.39. The highest BCUT2D eigenvalue weighted by atomic mass is 32.2. The Labute approximate surface area is 136 Å². The van der Waals surface area contributed by atoms with E-state index in [-0.39, 0.29) is 23.4 Å². The maximum absolute atomic E-state index is 11.9. The van der Waals surface area contributed by atoms with Gasteiger partial charge in [0.2, 0.25) is 5.91 Å². The lowest BCUT2D eigenvalue weighted by Crippen LogP contribution is -2.52. The highest BCUT2D eigenvalue weighted by molar-refractivity contribution is 8.13. The van der Waals surface area contributed by atoms with Crippen LogP contribution in [0.5, 0.6) is 0 Å². The molecule has 126 valence electrons. The van der Waals surface area contributed by atoms with Gasteiger partial charge >= 0.3 is 0 Å². The fourth-order valence-electron chi connectivity index (χ4n) is 2.92. The number of thioether (sulfide) groups is 1. The second-order valence-corrected chi connectivity index (χ2v) is 7.26. The summed E-state index contributed by atoms with van der Waals surface area (Å²) in [6.07, 6.45) is 0.857. The number of rotatable bonds is 6. The molecule has 0 aromatic rings. The van der Waals surface area contributed by atoms with Crippen LogP contribution in [0.15, 0.2) is 0 Å². The van der Waals surface area contributed by atoms with Gasteiger partial charge in [-0.05, 0) is 20.8 Å². The minimum Gasteiger partial charge on any atom is -0.373 e. The van der Waals surface area contributed by atoms with E-state index in [1.54, 1.807) is 4.90 Å². The average molecular weight is 329 g/mol. The predicted molar refractivity (Wildman–Crippen MR) is 88.1 cm³/mol. The highest BCUT2D eigenvalue weighted by Crippen LogP contribution is 2.17. The molecular formula is C15H27N3O3S. The molecule has 0 radical (unpaired) electrons. The summed E-state index contributed by atoms with van der Waals surface area (Å²) in [4.78, 5) is 27.5. The summed E-state index contributed by atoms with van der Waals surface area (Å²) >= 11 is 1.33. The van der Waals surface area contributed by atoms with Gasteiger partial charge in [0.25, 0.3) is 5.24 Å². The van der Waals surface area contributed by atoms with Gasteiger partial charge in [0.05, 0.1) is 12.2 Å². The third kappa shape index (κ3) is 5.14. The Balaban J connectivity index is 1.65. The second-order valence-electron chi connectivity index (χ2n) is 6.22. The maximum Gasteiger partial charge on any atom is 0.281 e. The average Bonchev–Trinajstić information content (AvgIpc) is 2.86. The Bertz CT molecular complexity index is 397. The molecule has 0 aliphatic carbocycles. The number of hydrogen-bond acceptors (Lipinski definition) is 5. The maximum atomic E-state index is 11.9. The molecule has 0 unspecified atom stereocenters. The lowest BCUT2D eigenvalue weighted by molar-refractivity contribution is -0.121. The van der Waals surface area contributed by atoms with Crippen LogP contribution in [0.2, 0.25) is 0 Å². The molecule has 2 aliphatic rings. The summed E-state index contributed by atoms with van der Waals surface area (Å²) in [7, 11) is 0. The third-order valence-electron chi connectivity index (χ3n) is 4.12. The van der Waals surface area contributed by atoms with Crippen LogP contribution in [0.1, 0.15) is 27.2 Å². The lowest BCUT2D eigenvalue weighted by atomic mass is 10.1. The molecule has 0 aromatic carbocycles. The van der Waals surface area contributed by atoms with Gasteiger partial charge in [-0.25, -0.2) is 0 Å². The van der Waals surface area contributed by atoms with E-state index in [0.717, 1.165) is 25.4 Å². The Kier molecular flexibility index (Phi) is 6.52. The van der Waals surface area contributed by atoms with Crippen molar-refractivity contribution in [3.05, 3.63) is 0 Å². The van der Waals surface area contributed by atoms with E-state index in [1.807, 2.05) is 0 Å². The van der Waals surface area contributed by atoms with Gasteiger partial charge in [0.15, 0.2) is 0 Å². The molecule has 2 aliphatic heterocycles. The van der Waals surface area contributed by atoms with Crippen LogP contribution in [0, 0.1) is 0 Å². The third-order valence-corrected chi connectivity index (χ3v) is 5.01. The van der Waals surface area contributed by atoms with Gasteiger partial charge in [0.1, 0.15) is 0 Å². The molecule has 0 spiro atoms. The molecule has 2 heterocycles. The van der Waals surface area contributed by atoms with E-state index >= 15 is 0 Å². The van der Waals surface area contributed by atoms with Gasteiger partial charge in [-0.3, -0.25) is 14.5 Å². The summed E-state index contributed by atoms with van der Waals surface area (Å²) in [6.45, 7) is 10.0. The first-order chi connectivity index (χ1) is 10.5. The Morgan fingerprint density at radius 1 is 1.41 bits per heavy atom. The van der Waals surface area contributed by atoms with Gasteiger partial charge < -0.3 is 15.0 Å². The number of nitrogens with zero attached hydrogens (tertiary/aromatic N) is 2. The zero-order valence-corrected chi connectivity index (χ0v) is 14.5. The molecule has 2 rings (SSSR count). The molecule has 3 atom stereocenters. The second kappa shape index (κ2) is 8.17. The molecule has 1 N–H and O–H groups in total. The Morgan fingerprint density at radius 2 is 2.09 bits per heavy atom. The number of nitrogens with one attached hydrogen (secondary N) is 1. The van der Waals surface area contributed by atoms with Crippen molar-refractivity contribution in [3.8, 4) is 0 Å². The molecular weight excluding hydrogens is 302 g/mol. The van der Waals surface area contributed by atoms with E-state index in [2.05, 4.69) is 31.0 Å². The fraction of sp³-hybridized carbons (Fsp3) is 0.867. The Morgan fingerprint density at radius 3 is 2.68 bits per heavy atom. The summed E-state index contributed by atoms with van der Waals surface area (Å²) in [6, 6.07) is 0.293. The van der Waals surface area contributed by atoms with Gasteiger partial charge in [-0.15, -0.1) is 0 Å². The molecule has 2 saturated heterocycles. The molecule has 2 amide bonds. The summed E-state index contributed by atoms with van der Waals surface area (Å²) in [5, 5.41) is 3.08. The van der Waals surface area contributed by atoms with Gasteiger partial charge in [-0.1, -0.05) is 11.8 Å². The zero-order valence-electron chi connectivity index (χ0n) is 13.7. The standard InChI is InChI=1S/C15H27N3O3S/c1-11(18-9-12(2)21-13(3)10-18)8-16-14(19)4-5-17-6-7-22-15(17)20/h11-13H,4-10H2,1-3H3,(H,16,19)/t11-,12-,13+/m0/s1. The van der Waals surface area contributed by atoms with Crippen molar-refractivity contribution in [2.75, 3.05) is 38.5 Å². The minimum absolute atomic E-state index is 0.0194. The summed E-state index contributed by atoms with van der Waals surface area (Å²) in [5.41, 5.74) is 0.